The number of carbonyl (C=O) groups is 1. The number of benzene rings is 1. The molecule has 0 heterocycles. The molecule has 0 fully saturated rings. The van der Waals surface area contributed by atoms with E-state index in [1.54, 1.807) is 0 Å². The summed E-state index contributed by atoms with van der Waals surface area (Å²) in [6.07, 6.45) is -4.92. The van der Waals surface area contributed by atoms with E-state index in [1.807, 2.05) is 0 Å². The van der Waals surface area contributed by atoms with Crippen molar-refractivity contribution in [2.24, 2.45) is 0 Å². The van der Waals surface area contributed by atoms with Gasteiger partial charge in [-0.3, -0.25) is 0 Å². The minimum atomic E-state index is -4.92. The Morgan fingerprint density at radius 2 is 2.06 bits per heavy atom. The standard InChI is InChI=1S/C11H7F4NO2/c1-2-18-10(17)7-3-6(12)4-9(8(7)5-16)11(13,14)15/h3-4H,2H2,1H3. The average molecular weight is 261 g/mol. The van der Waals surface area contributed by atoms with Crippen LogP contribution in [0.4, 0.5) is 17.6 Å². The molecule has 0 aliphatic heterocycles. The summed E-state index contributed by atoms with van der Waals surface area (Å²) in [5, 5.41) is 8.69. The minimum Gasteiger partial charge on any atom is -0.462 e. The number of nitrogens with zero attached hydrogens (tertiary/aromatic N) is 1. The normalized spacial score (nSPS) is 10.9. The molecule has 1 aromatic carbocycles. The quantitative estimate of drug-likeness (QED) is 0.607. The number of halogens is 4. The summed E-state index contributed by atoms with van der Waals surface area (Å²) in [5.41, 5.74) is -3.16. The maximum Gasteiger partial charge on any atom is 0.417 e. The maximum absolute atomic E-state index is 13.1. The Morgan fingerprint density at radius 1 is 1.44 bits per heavy atom. The van der Waals surface area contributed by atoms with Gasteiger partial charge in [0.25, 0.3) is 0 Å². The molecule has 1 rings (SSSR count). The fourth-order valence-corrected chi connectivity index (χ4v) is 1.32. The van der Waals surface area contributed by atoms with Gasteiger partial charge in [0.1, 0.15) is 11.9 Å². The van der Waals surface area contributed by atoms with Crippen molar-refractivity contribution in [3.63, 3.8) is 0 Å². The number of esters is 1. The number of rotatable bonds is 2. The highest BCUT2D eigenvalue weighted by Crippen LogP contribution is 2.34. The van der Waals surface area contributed by atoms with Crippen LogP contribution >= 0.6 is 0 Å². The van der Waals surface area contributed by atoms with Gasteiger partial charge < -0.3 is 4.74 Å². The van der Waals surface area contributed by atoms with Gasteiger partial charge in [0.15, 0.2) is 0 Å². The zero-order chi connectivity index (χ0) is 13.9. The molecular weight excluding hydrogens is 254 g/mol. The molecule has 0 aliphatic rings. The number of hydrogen-bond acceptors (Lipinski definition) is 3. The van der Waals surface area contributed by atoms with Crippen molar-refractivity contribution in [2.75, 3.05) is 6.61 Å². The smallest absolute Gasteiger partial charge is 0.417 e. The van der Waals surface area contributed by atoms with Gasteiger partial charge in [0.2, 0.25) is 0 Å². The van der Waals surface area contributed by atoms with Crippen LogP contribution in [0, 0.1) is 17.1 Å². The molecule has 18 heavy (non-hydrogen) atoms. The maximum atomic E-state index is 13.1. The summed E-state index contributed by atoms with van der Waals surface area (Å²) in [7, 11) is 0. The summed E-state index contributed by atoms with van der Waals surface area (Å²) >= 11 is 0. The van der Waals surface area contributed by atoms with E-state index in [4.69, 9.17) is 5.26 Å². The van der Waals surface area contributed by atoms with E-state index < -0.39 is 34.7 Å². The first-order chi connectivity index (χ1) is 8.31. The molecule has 0 atom stereocenters. The van der Waals surface area contributed by atoms with E-state index in [9.17, 15) is 22.4 Å². The lowest BCUT2D eigenvalue weighted by atomic mass is 10.0. The molecule has 0 unspecified atom stereocenters. The van der Waals surface area contributed by atoms with Crippen molar-refractivity contribution in [3.05, 3.63) is 34.6 Å². The van der Waals surface area contributed by atoms with Crippen LogP contribution in [0.5, 0.6) is 0 Å². The predicted molar refractivity (Wildman–Crippen MR) is 52.1 cm³/mol. The van der Waals surface area contributed by atoms with Crippen molar-refractivity contribution in [1.29, 1.82) is 5.26 Å². The molecule has 0 bridgehead atoms. The highest BCUT2D eigenvalue weighted by atomic mass is 19.4. The van der Waals surface area contributed by atoms with Crippen molar-refractivity contribution in [1.82, 2.24) is 0 Å². The molecule has 0 aliphatic carbocycles. The summed E-state index contributed by atoms with van der Waals surface area (Å²) in [4.78, 5) is 11.3. The number of nitriles is 1. The predicted octanol–water partition coefficient (Wildman–Crippen LogP) is 2.89. The van der Waals surface area contributed by atoms with Gasteiger partial charge in [0.05, 0.1) is 23.3 Å². The number of ether oxygens (including phenoxy) is 1. The summed E-state index contributed by atoms with van der Waals surface area (Å²) in [5.74, 6) is -2.43. The van der Waals surface area contributed by atoms with Crippen LogP contribution in [0.15, 0.2) is 12.1 Å². The Morgan fingerprint density at radius 3 is 2.50 bits per heavy atom. The van der Waals surface area contributed by atoms with Crippen LogP contribution in [-0.4, -0.2) is 12.6 Å². The van der Waals surface area contributed by atoms with Crippen molar-refractivity contribution >= 4 is 5.97 Å². The van der Waals surface area contributed by atoms with Crippen LogP contribution in [0.2, 0.25) is 0 Å². The van der Waals surface area contributed by atoms with Crippen LogP contribution in [0.1, 0.15) is 28.4 Å². The van der Waals surface area contributed by atoms with Crippen molar-refractivity contribution < 1.29 is 27.1 Å². The third kappa shape index (κ3) is 2.77. The molecule has 1 aromatic rings. The molecule has 0 aromatic heterocycles. The third-order valence-corrected chi connectivity index (χ3v) is 2.02. The van der Waals surface area contributed by atoms with E-state index in [1.165, 1.54) is 13.0 Å². The van der Waals surface area contributed by atoms with Crippen LogP contribution in [-0.2, 0) is 10.9 Å². The van der Waals surface area contributed by atoms with Gasteiger partial charge in [-0.15, -0.1) is 0 Å². The lowest BCUT2D eigenvalue weighted by Crippen LogP contribution is -2.14. The number of alkyl halides is 3. The largest absolute Gasteiger partial charge is 0.462 e. The second-order valence-corrected chi connectivity index (χ2v) is 3.21. The topological polar surface area (TPSA) is 50.1 Å². The van der Waals surface area contributed by atoms with Gasteiger partial charge >= 0.3 is 12.1 Å². The molecule has 0 radical (unpaired) electrons. The highest BCUT2D eigenvalue weighted by Gasteiger charge is 2.36. The summed E-state index contributed by atoms with van der Waals surface area (Å²) < 4.78 is 55.3. The number of carbonyl (C=O) groups excluding carboxylic acids is 1. The zero-order valence-corrected chi connectivity index (χ0v) is 9.14. The summed E-state index contributed by atoms with van der Waals surface area (Å²) in [6, 6.07) is 1.97. The Kier molecular flexibility index (Phi) is 3.91. The first-order valence-corrected chi connectivity index (χ1v) is 4.79. The molecule has 0 saturated heterocycles. The van der Waals surface area contributed by atoms with Gasteiger partial charge in [-0.25, -0.2) is 9.18 Å². The first kappa shape index (κ1) is 14.0. The third-order valence-electron chi connectivity index (χ3n) is 2.02. The molecule has 96 valence electrons. The molecule has 3 nitrogen and oxygen atoms in total. The second kappa shape index (κ2) is 5.04. The molecule has 0 amide bonds. The highest BCUT2D eigenvalue weighted by molar-refractivity contribution is 5.92. The van der Waals surface area contributed by atoms with E-state index in [-0.39, 0.29) is 12.7 Å². The molecule has 7 heteroatoms. The minimum absolute atomic E-state index is 0.0957. The van der Waals surface area contributed by atoms with Gasteiger partial charge in [0, 0.05) is 0 Å². The van der Waals surface area contributed by atoms with Crippen molar-refractivity contribution in [2.45, 2.75) is 13.1 Å². The SMILES string of the molecule is CCOC(=O)c1cc(F)cc(C(F)(F)F)c1C#N. The monoisotopic (exact) mass is 261 g/mol. The fraction of sp³-hybridized carbons (Fsp3) is 0.273. The molecular formula is C11H7F4NO2. The lowest BCUT2D eigenvalue weighted by Gasteiger charge is -2.11. The van der Waals surface area contributed by atoms with Gasteiger partial charge in [-0.1, -0.05) is 0 Å². The Bertz CT molecular complexity index is 517. The average Bonchev–Trinajstić information content (AvgIpc) is 2.27. The second-order valence-electron chi connectivity index (χ2n) is 3.21. The molecule has 0 saturated carbocycles. The first-order valence-electron chi connectivity index (χ1n) is 4.79. The van der Waals surface area contributed by atoms with E-state index in [0.29, 0.717) is 6.07 Å². The Labute approximate surface area is 99.6 Å². The molecule has 0 spiro atoms. The van der Waals surface area contributed by atoms with Crippen LogP contribution in [0.3, 0.4) is 0 Å². The number of hydrogen-bond donors (Lipinski definition) is 0. The Balaban J connectivity index is 3.49. The molecule has 0 N–H and O–H groups in total. The van der Waals surface area contributed by atoms with Gasteiger partial charge in [-0.2, -0.15) is 18.4 Å². The van der Waals surface area contributed by atoms with Crippen molar-refractivity contribution in [3.8, 4) is 6.07 Å². The zero-order valence-electron chi connectivity index (χ0n) is 9.14. The van der Waals surface area contributed by atoms with Crippen LogP contribution < -0.4 is 0 Å². The van der Waals surface area contributed by atoms with E-state index in [2.05, 4.69) is 4.74 Å². The fourth-order valence-electron chi connectivity index (χ4n) is 1.32. The Hall–Kier alpha value is -2.10. The lowest BCUT2D eigenvalue weighted by molar-refractivity contribution is -0.138. The summed E-state index contributed by atoms with van der Waals surface area (Å²) in [6.45, 7) is 1.34. The van der Waals surface area contributed by atoms with Gasteiger partial charge in [-0.05, 0) is 19.1 Å². The van der Waals surface area contributed by atoms with Crippen LogP contribution in [0.25, 0.3) is 0 Å². The van der Waals surface area contributed by atoms with E-state index in [0.717, 1.165) is 0 Å². The van der Waals surface area contributed by atoms with E-state index >= 15 is 0 Å².